The molecule has 0 radical (unpaired) electrons. The maximum absolute atomic E-state index is 13.1. The van der Waals surface area contributed by atoms with Crippen molar-refractivity contribution < 1.29 is 23.1 Å². The van der Waals surface area contributed by atoms with E-state index in [1.54, 1.807) is 35.4 Å². The van der Waals surface area contributed by atoms with E-state index in [-0.39, 0.29) is 17.9 Å². The molecule has 1 aliphatic heterocycles. The van der Waals surface area contributed by atoms with Crippen molar-refractivity contribution in [2.75, 3.05) is 6.54 Å². The van der Waals surface area contributed by atoms with Crippen molar-refractivity contribution in [1.29, 1.82) is 5.26 Å². The molecule has 156 valence electrons. The number of hydrogen-bond donors (Lipinski definition) is 2. The molecule has 0 bridgehead atoms. The lowest BCUT2D eigenvalue weighted by atomic mass is 10.2. The quantitative estimate of drug-likeness (QED) is 0.719. The lowest BCUT2D eigenvalue weighted by molar-refractivity contribution is -0.125. The highest BCUT2D eigenvalue weighted by Crippen LogP contribution is 2.35. The monoisotopic (exact) mass is 429 g/mol. The van der Waals surface area contributed by atoms with Crippen molar-refractivity contribution >= 4 is 21.8 Å². The second kappa shape index (κ2) is 7.14. The molecule has 2 aliphatic rings. The van der Waals surface area contributed by atoms with Crippen LogP contribution in [0, 0.1) is 11.3 Å². The minimum atomic E-state index is -3.87. The largest absolute Gasteiger partial charge is 0.465 e. The first-order chi connectivity index (χ1) is 14.3. The molecule has 2 heterocycles. The minimum absolute atomic E-state index is 0.0541. The van der Waals surface area contributed by atoms with E-state index >= 15 is 0 Å². The van der Waals surface area contributed by atoms with Crippen LogP contribution in [0.1, 0.15) is 19.3 Å². The summed E-state index contributed by atoms with van der Waals surface area (Å²) in [5.74, 6) is -0.635. The number of aromatic nitrogens is 2. The average Bonchev–Trinajstić information content (AvgIpc) is 3.15. The predicted molar refractivity (Wildman–Crippen MR) is 103 cm³/mol. The van der Waals surface area contributed by atoms with Gasteiger partial charge in [0, 0.05) is 24.6 Å². The summed E-state index contributed by atoms with van der Waals surface area (Å²) in [4.78, 5) is 29.1. The molecular weight excluding hydrogens is 410 g/mol. The molecule has 0 spiro atoms. The highest BCUT2D eigenvalue weighted by Gasteiger charge is 2.50. The molecule has 2 fully saturated rings. The fourth-order valence-corrected chi connectivity index (χ4v) is 5.30. The van der Waals surface area contributed by atoms with Crippen LogP contribution in [0.4, 0.5) is 4.79 Å². The van der Waals surface area contributed by atoms with Crippen LogP contribution in [0.2, 0.25) is 0 Å². The molecule has 2 N–H and O–H groups in total. The number of likely N-dealkylation sites (tertiary alicyclic amines) is 1. The molecule has 1 aliphatic carbocycles. The van der Waals surface area contributed by atoms with Crippen molar-refractivity contribution in [1.82, 2.24) is 19.8 Å². The summed E-state index contributed by atoms with van der Waals surface area (Å²) >= 11 is 0. The number of nitrogens with one attached hydrogen (secondary N) is 1. The van der Waals surface area contributed by atoms with Crippen LogP contribution in [0.3, 0.4) is 0 Å². The number of carbonyl (C=O) groups is 2. The van der Waals surface area contributed by atoms with Gasteiger partial charge in [-0.05, 0) is 43.5 Å². The molecule has 1 saturated carbocycles. The Morgan fingerprint density at radius 3 is 2.50 bits per heavy atom. The van der Waals surface area contributed by atoms with Gasteiger partial charge in [-0.1, -0.05) is 0 Å². The van der Waals surface area contributed by atoms with E-state index < -0.39 is 38.7 Å². The van der Waals surface area contributed by atoms with Gasteiger partial charge in [0.25, 0.3) is 0 Å². The Labute approximate surface area is 172 Å². The van der Waals surface area contributed by atoms with Gasteiger partial charge >= 0.3 is 6.09 Å². The predicted octanol–water partition coefficient (Wildman–Crippen LogP) is 0.939. The molecule has 2 amide bonds. The van der Waals surface area contributed by atoms with E-state index in [4.69, 9.17) is 5.26 Å². The number of carbonyl (C=O) groups excluding carboxylic acids is 1. The summed E-state index contributed by atoms with van der Waals surface area (Å²) in [5, 5.41) is 20.1. The van der Waals surface area contributed by atoms with E-state index in [1.807, 2.05) is 6.07 Å². The normalized spacial score (nSPS) is 22.3. The smallest absolute Gasteiger partial charge is 0.408 e. The fourth-order valence-electron chi connectivity index (χ4n) is 3.60. The molecule has 30 heavy (non-hydrogen) atoms. The number of carboxylic acid groups (broad SMARTS) is 1. The molecular formula is C19H19N5O5S. The SMILES string of the molecule is N#CC1(NC(=O)[C@@H]2C[C@@H](S(=O)(=O)c3ccc(-n4ccnc4)cc3)CN2C(=O)O)CC1. The molecule has 2 atom stereocenters. The lowest BCUT2D eigenvalue weighted by Crippen LogP contribution is -2.49. The van der Waals surface area contributed by atoms with Gasteiger partial charge in [0.15, 0.2) is 9.84 Å². The summed E-state index contributed by atoms with van der Waals surface area (Å²) in [6.45, 7) is -0.307. The number of rotatable bonds is 5. The van der Waals surface area contributed by atoms with Gasteiger partial charge in [0.1, 0.15) is 11.6 Å². The Hall–Kier alpha value is -3.39. The second-order valence-electron chi connectivity index (χ2n) is 7.50. The van der Waals surface area contributed by atoms with Crippen molar-refractivity contribution in [3.63, 3.8) is 0 Å². The fraction of sp³-hybridized carbons (Fsp3) is 0.368. The van der Waals surface area contributed by atoms with Gasteiger partial charge in [-0.15, -0.1) is 0 Å². The third kappa shape index (κ3) is 3.50. The van der Waals surface area contributed by atoms with Crippen LogP contribution in [-0.2, 0) is 14.6 Å². The van der Waals surface area contributed by atoms with Gasteiger partial charge in [-0.2, -0.15) is 5.26 Å². The summed E-state index contributed by atoms with van der Waals surface area (Å²) in [5.41, 5.74) is -0.227. The number of benzene rings is 1. The van der Waals surface area contributed by atoms with Crippen molar-refractivity contribution in [3.05, 3.63) is 43.0 Å². The minimum Gasteiger partial charge on any atom is -0.465 e. The van der Waals surface area contributed by atoms with Crippen LogP contribution in [0.15, 0.2) is 47.9 Å². The molecule has 4 rings (SSSR count). The molecule has 10 nitrogen and oxygen atoms in total. The zero-order chi connectivity index (χ0) is 21.5. The maximum Gasteiger partial charge on any atom is 0.408 e. The second-order valence-corrected chi connectivity index (χ2v) is 9.73. The summed E-state index contributed by atoms with van der Waals surface area (Å²) in [6.07, 6.45) is 4.38. The first-order valence-corrected chi connectivity index (χ1v) is 10.9. The van der Waals surface area contributed by atoms with Gasteiger partial charge < -0.3 is 15.0 Å². The Kier molecular flexibility index (Phi) is 4.74. The van der Waals surface area contributed by atoms with Crippen molar-refractivity contribution in [2.24, 2.45) is 0 Å². The van der Waals surface area contributed by atoms with Crippen LogP contribution in [-0.4, -0.2) is 63.4 Å². The number of amides is 2. The summed E-state index contributed by atoms with van der Waals surface area (Å²) < 4.78 is 27.9. The molecule has 1 saturated heterocycles. The van der Waals surface area contributed by atoms with Crippen LogP contribution in [0.25, 0.3) is 5.69 Å². The Balaban J connectivity index is 1.55. The van der Waals surface area contributed by atoms with Gasteiger partial charge in [0.2, 0.25) is 5.91 Å². The highest BCUT2D eigenvalue weighted by molar-refractivity contribution is 7.92. The molecule has 11 heteroatoms. The third-order valence-electron chi connectivity index (χ3n) is 5.54. The topological polar surface area (TPSA) is 145 Å². The van der Waals surface area contributed by atoms with E-state index in [9.17, 15) is 23.1 Å². The number of nitriles is 1. The van der Waals surface area contributed by atoms with Gasteiger partial charge in [0.05, 0.1) is 22.5 Å². The molecule has 0 unspecified atom stereocenters. The van der Waals surface area contributed by atoms with E-state index in [0.29, 0.717) is 12.8 Å². The first kappa shape index (κ1) is 19.9. The van der Waals surface area contributed by atoms with Crippen LogP contribution < -0.4 is 5.32 Å². The van der Waals surface area contributed by atoms with E-state index in [0.717, 1.165) is 10.6 Å². The zero-order valence-electron chi connectivity index (χ0n) is 15.8. The van der Waals surface area contributed by atoms with Crippen LogP contribution >= 0.6 is 0 Å². The van der Waals surface area contributed by atoms with Gasteiger partial charge in [-0.25, -0.2) is 18.2 Å². The maximum atomic E-state index is 13.1. The zero-order valence-corrected chi connectivity index (χ0v) is 16.6. The summed E-state index contributed by atoms with van der Waals surface area (Å²) in [7, 11) is -3.87. The Bertz CT molecular complexity index is 1120. The summed E-state index contributed by atoms with van der Waals surface area (Å²) in [6, 6.07) is 7.03. The first-order valence-electron chi connectivity index (χ1n) is 9.31. The van der Waals surface area contributed by atoms with Crippen molar-refractivity contribution in [3.8, 4) is 11.8 Å². The number of sulfone groups is 1. The van der Waals surface area contributed by atoms with E-state index in [1.165, 1.54) is 12.1 Å². The molecule has 1 aromatic heterocycles. The number of nitrogens with zero attached hydrogens (tertiary/aromatic N) is 4. The van der Waals surface area contributed by atoms with E-state index in [2.05, 4.69) is 10.3 Å². The lowest BCUT2D eigenvalue weighted by Gasteiger charge is -2.21. The molecule has 1 aromatic carbocycles. The Morgan fingerprint density at radius 1 is 1.27 bits per heavy atom. The highest BCUT2D eigenvalue weighted by atomic mass is 32.2. The van der Waals surface area contributed by atoms with Crippen molar-refractivity contribution in [2.45, 2.75) is 41.0 Å². The Morgan fingerprint density at radius 2 is 1.97 bits per heavy atom. The standard InChI is InChI=1S/C19H19N5O5S/c20-11-19(5-6-19)22-17(25)16-9-15(10-24(16)18(26)27)30(28,29)14-3-1-13(2-4-14)23-8-7-21-12-23/h1-4,7-8,12,15-16H,5-6,9-10H2,(H,22,25)(H,26,27)/t15-,16+/m1/s1. The molecule has 2 aromatic rings. The average molecular weight is 429 g/mol. The number of hydrogen-bond acceptors (Lipinski definition) is 6. The number of imidazole rings is 1. The third-order valence-corrected chi connectivity index (χ3v) is 7.69. The van der Waals surface area contributed by atoms with Crippen LogP contribution in [0.5, 0.6) is 0 Å². The van der Waals surface area contributed by atoms with Gasteiger partial charge in [-0.3, -0.25) is 9.69 Å².